The summed E-state index contributed by atoms with van der Waals surface area (Å²) >= 11 is 0. The van der Waals surface area contributed by atoms with Crippen LogP contribution in [0.2, 0.25) is 0 Å². The molecule has 5 nitrogen and oxygen atoms in total. The molecule has 3 aromatic rings. The molecule has 27 heavy (non-hydrogen) atoms. The van der Waals surface area contributed by atoms with Gasteiger partial charge in [0.05, 0.1) is 4.90 Å². The van der Waals surface area contributed by atoms with E-state index in [1.54, 1.807) is 72.8 Å². The van der Waals surface area contributed by atoms with Crippen molar-refractivity contribution in [2.75, 3.05) is 6.61 Å². The van der Waals surface area contributed by atoms with Gasteiger partial charge in [0.15, 0.2) is 6.61 Å². The Labute approximate surface area is 158 Å². The summed E-state index contributed by atoms with van der Waals surface area (Å²) < 4.78 is 37.0. The number of benzene rings is 3. The summed E-state index contributed by atoms with van der Waals surface area (Å²) in [5.41, 5.74) is -1.70. The van der Waals surface area contributed by atoms with Crippen molar-refractivity contribution < 1.29 is 22.7 Å². The number of carbonyl (C=O) groups excluding carboxylic acids is 1. The van der Waals surface area contributed by atoms with Crippen molar-refractivity contribution >= 4 is 15.6 Å². The fourth-order valence-corrected chi connectivity index (χ4v) is 3.83. The van der Waals surface area contributed by atoms with E-state index in [9.17, 15) is 13.2 Å². The van der Waals surface area contributed by atoms with Crippen LogP contribution in [0.4, 0.5) is 0 Å². The Morgan fingerprint density at radius 2 is 1.22 bits per heavy atom. The summed E-state index contributed by atoms with van der Waals surface area (Å²) in [5, 5.41) is 0. The Bertz CT molecular complexity index is 971. The molecule has 0 aliphatic heterocycles. The smallest absolute Gasteiger partial charge is 0.264 e. The molecule has 0 bridgehead atoms. The van der Waals surface area contributed by atoms with E-state index >= 15 is 0 Å². The maximum atomic E-state index is 13.0. The van der Waals surface area contributed by atoms with Gasteiger partial charge >= 0.3 is 0 Å². The van der Waals surface area contributed by atoms with Crippen molar-refractivity contribution in [3.8, 4) is 11.5 Å². The molecule has 6 heteroatoms. The van der Waals surface area contributed by atoms with E-state index in [4.69, 9.17) is 9.47 Å². The average molecular weight is 382 g/mol. The van der Waals surface area contributed by atoms with Gasteiger partial charge in [0.25, 0.3) is 5.44 Å². The van der Waals surface area contributed by atoms with E-state index in [-0.39, 0.29) is 10.6 Å². The van der Waals surface area contributed by atoms with E-state index < -0.39 is 27.7 Å². The number of hydrogen-bond acceptors (Lipinski definition) is 5. The highest BCUT2D eigenvalue weighted by Crippen LogP contribution is 2.21. The molecule has 0 saturated carbocycles. The monoisotopic (exact) mass is 382 g/mol. The van der Waals surface area contributed by atoms with Gasteiger partial charge in [-0.05, 0) is 36.4 Å². The molecule has 1 unspecified atom stereocenters. The van der Waals surface area contributed by atoms with E-state index in [1.165, 1.54) is 12.1 Å². The standard InChI is InChI=1S/C21H18O5S/c22-20(16-25-17-10-4-1-5-11-17)21(26-18-12-6-2-7-13-18)27(23,24)19-14-8-3-9-15-19/h1-15,21H,16H2. The van der Waals surface area contributed by atoms with Crippen LogP contribution in [0.3, 0.4) is 0 Å². The first-order chi connectivity index (χ1) is 13.1. The molecule has 1 atom stereocenters. The summed E-state index contributed by atoms with van der Waals surface area (Å²) in [6.07, 6.45) is 0. The minimum atomic E-state index is -4.05. The Morgan fingerprint density at radius 1 is 0.741 bits per heavy atom. The molecular weight excluding hydrogens is 364 g/mol. The molecule has 0 heterocycles. The highest BCUT2D eigenvalue weighted by molar-refractivity contribution is 7.92. The Kier molecular flexibility index (Phi) is 5.88. The third kappa shape index (κ3) is 4.74. The zero-order valence-corrected chi connectivity index (χ0v) is 15.2. The lowest BCUT2D eigenvalue weighted by atomic mass is 10.3. The van der Waals surface area contributed by atoms with Crippen LogP contribution in [0.15, 0.2) is 95.9 Å². The number of rotatable bonds is 8. The molecule has 0 amide bonds. The van der Waals surface area contributed by atoms with Crippen LogP contribution in [-0.2, 0) is 14.6 Å². The normalized spacial score (nSPS) is 12.1. The topological polar surface area (TPSA) is 69.7 Å². The van der Waals surface area contributed by atoms with Crippen LogP contribution in [0, 0.1) is 0 Å². The Morgan fingerprint density at radius 3 is 1.78 bits per heavy atom. The maximum Gasteiger partial charge on any atom is 0.264 e. The van der Waals surface area contributed by atoms with Crippen LogP contribution in [0.25, 0.3) is 0 Å². The van der Waals surface area contributed by atoms with Crippen molar-refractivity contribution in [1.82, 2.24) is 0 Å². The summed E-state index contributed by atoms with van der Waals surface area (Å²) in [7, 11) is -4.05. The molecule has 3 rings (SSSR count). The van der Waals surface area contributed by atoms with Crippen LogP contribution < -0.4 is 9.47 Å². The van der Waals surface area contributed by atoms with Crippen molar-refractivity contribution in [1.29, 1.82) is 0 Å². The second-order valence-electron chi connectivity index (χ2n) is 5.69. The van der Waals surface area contributed by atoms with Gasteiger partial charge in [-0.15, -0.1) is 0 Å². The number of para-hydroxylation sites is 2. The van der Waals surface area contributed by atoms with Gasteiger partial charge in [0.2, 0.25) is 15.6 Å². The molecule has 0 aliphatic carbocycles. The third-order valence-corrected chi connectivity index (χ3v) is 5.58. The minimum absolute atomic E-state index is 0.0130. The first-order valence-electron chi connectivity index (χ1n) is 8.28. The minimum Gasteiger partial charge on any atom is -0.486 e. The lowest BCUT2D eigenvalue weighted by molar-refractivity contribution is -0.124. The highest BCUT2D eigenvalue weighted by atomic mass is 32.2. The molecule has 0 spiro atoms. The summed E-state index contributed by atoms with van der Waals surface area (Å²) in [6, 6.07) is 24.8. The second kappa shape index (κ2) is 8.51. The molecule has 0 radical (unpaired) electrons. The molecule has 0 aliphatic rings. The molecule has 138 valence electrons. The number of ether oxygens (including phenoxy) is 2. The predicted molar refractivity (Wildman–Crippen MR) is 101 cm³/mol. The largest absolute Gasteiger partial charge is 0.486 e. The maximum absolute atomic E-state index is 13.0. The lowest BCUT2D eigenvalue weighted by Crippen LogP contribution is -2.39. The Balaban J connectivity index is 1.86. The molecule has 0 fully saturated rings. The predicted octanol–water partition coefficient (Wildman–Crippen LogP) is 3.51. The summed E-state index contributed by atoms with van der Waals surface area (Å²) in [6.45, 7) is -0.423. The van der Waals surface area contributed by atoms with Crippen molar-refractivity contribution in [2.24, 2.45) is 0 Å². The zero-order valence-electron chi connectivity index (χ0n) is 14.4. The first-order valence-corrected chi connectivity index (χ1v) is 9.83. The molecule has 0 N–H and O–H groups in total. The summed E-state index contributed by atoms with van der Waals surface area (Å²) in [5.74, 6) is 0.0723. The Hall–Kier alpha value is -3.12. The van der Waals surface area contributed by atoms with Crippen LogP contribution in [0.5, 0.6) is 11.5 Å². The third-order valence-electron chi connectivity index (χ3n) is 3.73. The van der Waals surface area contributed by atoms with Gasteiger partial charge in [0, 0.05) is 0 Å². The highest BCUT2D eigenvalue weighted by Gasteiger charge is 2.36. The van der Waals surface area contributed by atoms with Gasteiger partial charge in [-0.25, -0.2) is 8.42 Å². The first kappa shape index (κ1) is 18.7. The lowest BCUT2D eigenvalue weighted by Gasteiger charge is -2.19. The average Bonchev–Trinajstić information content (AvgIpc) is 2.72. The quantitative estimate of drug-likeness (QED) is 0.596. The SMILES string of the molecule is O=C(COc1ccccc1)C(Oc1ccccc1)S(=O)(=O)c1ccccc1. The van der Waals surface area contributed by atoms with Crippen LogP contribution in [0.1, 0.15) is 0 Å². The van der Waals surface area contributed by atoms with Gasteiger partial charge in [0.1, 0.15) is 11.5 Å². The number of hydrogen-bond donors (Lipinski definition) is 0. The fraction of sp³-hybridized carbons (Fsp3) is 0.0952. The van der Waals surface area contributed by atoms with E-state index in [1.807, 2.05) is 6.07 Å². The van der Waals surface area contributed by atoms with Gasteiger partial charge in [-0.2, -0.15) is 0 Å². The molecular formula is C21H18O5S. The second-order valence-corrected chi connectivity index (χ2v) is 7.68. The van der Waals surface area contributed by atoms with Crippen molar-refractivity contribution in [3.63, 3.8) is 0 Å². The van der Waals surface area contributed by atoms with Crippen molar-refractivity contribution in [2.45, 2.75) is 10.3 Å². The van der Waals surface area contributed by atoms with Crippen molar-refractivity contribution in [3.05, 3.63) is 91.0 Å². The number of ketones is 1. The number of Topliss-reactive ketones (excluding diaryl/α,β-unsaturated/α-hetero) is 1. The van der Waals surface area contributed by atoms with Crippen LogP contribution >= 0.6 is 0 Å². The van der Waals surface area contributed by atoms with E-state index in [0.717, 1.165) is 0 Å². The van der Waals surface area contributed by atoms with E-state index in [0.29, 0.717) is 5.75 Å². The number of sulfone groups is 1. The van der Waals surface area contributed by atoms with Gasteiger partial charge < -0.3 is 9.47 Å². The van der Waals surface area contributed by atoms with E-state index in [2.05, 4.69) is 0 Å². The molecule has 3 aromatic carbocycles. The zero-order chi connectivity index (χ0) is 19.1. The molecule has 0 saturated heterocycles. The van der Waals surface area contributed by atoms with Gasteiger partial charge in [-0.1, -0.05) is 54.6 Å². The van der Waals surface area contributed by atoms with Gasteiger partial charge in [-0.3, -0.25) is 4.79 Å². The van der Waals surface area contributed by atoms with Crippen LogP contribution in [-0.4, -0.2) is 26.2 Å². The fourth-order valence-electron chi connectivity index (χ4n) is 2.40. The summed E-state index contributed by atoms with van der Waals surface area (Å²) in [4.78, 5) is 12.7. The molecule has 0 aromatic heterocycles. The number of carbonyl (C=O) groups is 1.